The van der Waals surface area contributed by atoms with E-state index >= 15 is 0 Å². The van der Waals surface area contributed by atoms with Crippen LogP contribution in [-0.2, 0) is 0 Å². The van der Waals surface area contributed by atoms with Gasteiger partial charge >= 0.3 is 0 Å². The third-order valence-corrected chi connectivity index (χ3v) is 6.38. The minimum atomic E-state index is 0.616. The van der Waals surface area contributed by atoms with Gasteiger partial charge in [0.1, 0.15) is 12.4 Å². The minimum absolute atomic E-state index is 0.616. The van der Waals surface area contributed by atoms with E-state index in [0.717, 1.165) is 0 Å². The van der Waals surface area contributed by atoms with Gasteiger partial charge in [0.05, 0.1) is 12.0 Å². The van der Waals surface area contributed by atoms with Gasteiger partial charge in [-0.25, -0.2) is 9.55 Å². The van der Waals surface area contributed by atoms with Gasteiger partial charge in [0.15, 0.2) is 0 Å². The minimum Gasteiger partial charge on any atom is -0.247 e. The quantitative estimate of drug-likeness (QED) is 0.180. The maximum absolute atomic E-state index is 3.51. The highest BCUT2D eigenvalue weighted by Crippen LogP contribution is 2.20. The van der Waals surface area contributed by atoms with Crippen molar-refractivity contribution in [2.24, 2.45) is 0 Å². The Morgan fingerprint density at radius 2 is 1.18 bits per heavy atom. The van der Waals surface area contributed by atoms with Crippen LogP contribution >= 0.6 is 0 Å². The van der Waals surface area contributed by atoms with Crippen molar-refractivity contribution in [2.75, 3.05) is 0 Å². The number of hydrogen-bond acceptors (Lipinski definition) is 0. The number of hydrogen-bond donors (Lipinski definition) is 1. The molecule has 0 bridgehead atoms. The smallest absolute Gasteiger partial charge is 0.247 e. The molecular formula is C26H51N2+. The van der Waals surface area contributed by atoms with Crippen LogP contribution in [0, 0.1) is 0 Å². The average Bonchev–Trinajstić information content (AvgIpc) is 3.18. The first-order chi connectivity index (χ1) is 13.7. The van der Waals surface area contributed by atoms with Gasteiger partial charge in [0.25, 0.3) is 5.82 Å². The summed E-state index contributed by atoms with van der Waals surface area (Å²) < 4.78 is 2.47. The standard InChI is InChI=1S/C26H50N2/c1-5-7-8-9-10-11-12-13-14-15-16-17-18-19-21-24(3)26-27-22-23-28(26)25(4)20-6-2/h22-25H,5-21H2,1-4H3/p+1. The second-order valence-electron chi connectivity index (χ2n) is 9.18. The van der Waals surface area contributed by atoms with Gasteiger partial charge in [-0.05, 0) is 19.8 Å². The summed E-state index contributed by atoms with van der Waals surface area (Å²) in [4.78, 5) is 3.51. The summed E-state index contributed by atoms with van der Waals surface area (Å²) in [5.41, 5.74) is 0. The Balaban J connectivity index is 1.97. The highest BCUT2D eigenvalue weighted by atomic mass is 15.1. The van der Waals surface area contributed by atoms with E-state index in [-0.39, 0.29) is 0 Å². The van der Waals surface area contributed by atoms with Gasteiger partial charge < -0.3 is 0 Å². The Hall–Kier alpha value is -0.790. The predicted octanol–water partition coefficient (Wildman–Crippen LogP) is 8.64. The maximum atomic E-state index is 3.51. The number of nitrogens with zero attached hydrogens (tertiary/aromatic N) is 1. The molecule has 0 saturated heterocycles. The van der Waals surface area contributed by atoms with Crippen LogP contribution in [0.15, 0.2) is 12.4 Å². The number of nitrogens with one attached hydrogen (secondary N) is 1. The van der Waals surface area contributed by atoms with Gasteiger partial charge in [-0.2, -0.15) is 0 Å². The van der Waals surface area contributed by atoms with E-state index in [1.165, 1.54) is 115 Å². The molecular weight excluding hydrogens is 340 g/mol. The molecule has 0 aromatic carbocycles. The molecule has 1 rings (SSSR count). The van der Waals surface area contributed by atoms with E-state index in [4.69, 9.17) is 0 Å². The summed E-state index contributed by atoms with van der Waals surface area (Å²) >= 11 is 0. The third-order valence-electron chi connectivity index (χ3n) is 6.38. The number of aromatic amines is 1. The monoisotopic (exact) mass is 391 g/mol. The molecule has 1 aromatic rings. The van der Waals surface area contributed by atoms with Crippen molar-refractivity contribution in [3.63, 3.8) is 0 Å². The van der Waals surface area contributed by atoms with Crippen molar-refractivity contribution in [1.29, 1.82) is 0 Å². The third kappa shape index (κ3) is 11.3. The van der Waals surface area contributed by atoms with Crippen molar-refractivity contribution >= 4 is 0 Å². The Morgan fingerprint density at radius 3 is 1.68 bits per heavy atom. The zero-order valence-corrected chi connectivity index (χ0v) is 19.8. The fourth-order valence-electron chi connectivity index (χ4n) is 4.48. The van der Waals surface area contributed by atoms with Crippen LogP contribution in [0.3, 0.4) is 0 Å². The highest BCUT2D eigenvalue weighted by Gasteiger charge is 2.21. The lowest BCUT2D eigenvalue weighted by Crippen LogP contribution is -2.40. The largest absolute Gasteiger partial charge is 0.257 e. The van der Waals surface area contributed by atoms with Crippen molar-refractivity contribution in [1.82, 2.24) is 4.98 Å². The van der Waals surface area contributed by atoms with E-state index in [1.54, 1.807) is 0 Å². The van der Waals surface area contributed by atoms with Gasteiger partial charge in [0.2, 0.25) is 0 Å². The average molecular weight is 392 g/mol. The molecule has 28 heavy (non-hydrogen) atoms. The van der Waals surface area contributed by atoms with Crippen LogP contribution in [0.25, 0.3) is 0 Å². The Bertz CT molecular complexity index is 451. The van der Waals surface area contributed by atoms with Crippen molar-refractivity contribution in [3.8, 4) is 0 Å². The summed E-state index contributed by atoms with van der Waals surface area (Å²) in [5.74, 6) is 2.07. The molecule has 0 aliphatic carbocycles. The zero-order chi connectivity index (χ0) is 20.5. The molecule has 0 aliphatic rings. The molecule has 0 aliphatic heterocycles. The van der Waals surface area contributed by atoms with E-state index in [9.17, 15) is 0 Å². The van der Waals surface area contributed by atoms with Crippen LogP contribution in [0.4, 0.5) is 0 Å². The van der Waals surface area contributed by atoms with Crippen molar-refractivity contribution < 1.29 is 4.57 Å². The molecule has 164 valence electrons. The lowest BCUT2D eigenvalue weighted by atomic mass is 10.00. The lowest BCUT2D eigenvalue weighted by molar-refractivity contribution is -0.727. The Labute approximate surface area is 176 Å². The summed E-state index contributed by atoms with van der Waals surface area (Å²) in [6.07, 6.45) is 28.4. The molecule has 2 atom stereocenters. The van der Waals surface area contributed by atoms with Crippen molar-refractivity contribution in [2.45, 2.75) is 149 Å². The summed E-state index contributed by atoms with van der Waals surface area (Å²) in [5, 5.41) is 0. The van der Waals surface area contributed by atoms with Crippen LogP contribution in [0.1, 0.15) is 155 Å². The molecule has 0 radical (unpaired) electrons. The summed E-state index contributed by atoms with van der Waals surface area (Å²) in [7, 11) is 0. The van der Waals surface area contributed by atoms with E-state index in [0.29, 0.717) is 12.0 Å². The second-order valence-corrected chi connectivity index (χ2v) is 9.18. The number of aromatic nitrogens is 2. The molecule has 0 amide bonds. The number of H-pyrrole nitrogens is 1. The molecule has 1 aromatic heterocycles. The van der Waals surface area contributed by atoms with Gasteiger partial charge in [-0.15, -0.1) is 0 Å². The predicted molar refractivity (Wildman–Crippen MR) is 124 cm³/mol. The molecule has 2 nitrogen and oxygen atoms in total. The SMILES string of the molecule is CCCCCCCCCCCCCCCCC(C)c1[nH]cc[n+]1C(C)CCC. The normalized spacial score (nSPS) is 13.7. The van der Waals surface area contributed by atoms with Crippen molar-refractivity contribution in [3.05, 3.63) is 18.2 Å². The first-order valence-corrected chi connectivity index (χ1v) is 12.8. The molecule has 2 heteroatoms. The van der Waals surface area contributed by atoms with Gasteiger partial charge in [-0.1, -0.05) is 117 Å². The molecule has 0 saturated carbocycles. The fourth-order valence-corrected chi connectivity index (χ4v) is 4.48. The van der Waals surface area contributed by atoms with E-state index < -0.39 is 0 Å². The molecule has 0 spiro atoms. The van der Waals surface area contributed by atoms with Crippen LogP contribution < -0.4 is 4.57 Å². The number of unbranched alkanes of at least 4 members (excludes halogenated alkanes) is 13. The first kappa shape index (κ1) is 25.2. The number of imidazole rings is 1. The molecule has 2 unspecified atom stereocenters. The molecule has 1 heterocycles. The van der Waals surface area contributed by atoms with E-state index in [2.05, 4.69) is 49.6 Å². The first-order valence-electron chi connectivity index (χ1n) is 12.8. The lowest BCUT2D eigenvalue weighted by Gasteiger charge is -2.13. The highest BCUT2D eigenvalue weighted by molar-refractivity contribution is 4.87. The maximum Gasteiger partial charge on any atom is 0.257 e. The molecule has 0 fully saturated rings. The topological polar surface area (TPSA) is 19.7 Å². The summed E-state index contributed by atoms with van der Waals surface area (Å²) in [6, 6.07) is 0.616. The second kappa shape index (κ2) is 17.1. The van der Waals surface area contributed by atoms with Crippen LogP contribution in [0.5, 0.6) is 0 Å². The van der Waals surface area contributed by atoms with Crippen LogP contribution in [0.2, 0.25) is 0 Å². The van der Waals surface area contributed by atoms with E-state index in [1.807, 2.05) is 0 Å². The van der Waals surface area contributed by atoms with Gasteiger partial charge in [0, 0.05) is 0 Å². The Morgan fingerprint density at radius 1 is 0.679 bits per heavy atom. The Kier molecular flexibility index (Phi) is 15.4. The fraction of sp³-hybridized carbons (Fsp3) is 0.885. The van der Waals surface area contributed by atoms with Gasteiger partial charge in [-0.3, -0.25) is 0 Å². The number of rotatable bonds is 19. The summed E-state index contributed by atoms with van der Waals surface area (Å²) in [6.45, 7) is 9.32. The van der Waals surface area contributed by atoms with Crippen LogP contribution in [-0.4, -0.2) is 4.98 Å². The zero-order valence-electron chi connectivity index (χ0n) is 19.8. The molecule has 1 N–H and O–H groups in total.